The van der Waals surface area contributed by atoms with Crippen LogP contribution in [0.15, 0.2) is 45.9 Å². The predicted octanol–water partition coefficient (Wildman–Crippen LogP) is 4.08. The fraction of sp³-hybridized carbons (Fsp3) is 0.250. The molecule has 0 unspecified atom stereocenters. The van der Waals surface area contributed by atoms with E-state index in [1.807, 2.05) is 12.3 Å². The summed E-state index contributed by atoms with van der Waals surface area (Å²) in [5, 5.41) is 6.90. The van der Waals surface area contributed by atoms with Gasteiger partial charge in [0.1, 0.15) is 0 Å². The Balaban J connectivity index is 2.65. The number of rotatable bonds is 5. The Hall–Kier alpha value is -1.65. The smallest absolute Gasteiger partial charge is 0.0719 e. The lowest BCUT2D eigenvalue weighted by Crippen LogP contribution is -1.94. The lowest BCUT2D eigenvalue weighted by Gasteiger charge is -2.12. The molecule has 2 rings (SSSR count). The maximum Gasteiger partial charge on any atom is 0.0719 e. The Morgan fingerprint density at radius 1 is 1.45 bits per heavy atom. The van der Waals surface area contributed by atoms with Crippen molar-refractivity contribution in [3.8, 4) is 0 Å². The summed E-state index contributed by atoms with van der Waals surface area (Å²) in [7, 11) is 0. The van der Waals surface area contributed by atoms with Gasteiger partial charge in [-0.05, 0) is 66.9 Å². The second-order valence-electron chi connectivity index (χ2n) is 4.66. The fourth-order valence-corrected chi connectivity index (χ4v) is 2.93. The number of pyridine rings is 1. The molecule has 2 aromatic rings. The fourth-order valence-electron chi connectivity index (χ4n) is 2.44. The lowest BCUT2D eigenvalue weighted by molar-refractivity contribution is 1.11. The van der Waals surface area contributed by atoms with Gasteiger partial charge in [0.2, 0.25) is 0 Å². The van der Waals surface area contributed by atoms with Gasteiger partial charge >= 0.3 is 0 Å². The van der Waals surface area contributed by atoms with E-state index >= 15 is 0 Å². The summed E-state index contributed by atoms with van der Waals surface area (Å²) in [6, 6.07) is 8.25. The van der Waals surface area contributed by atoms with Crippen LogP contribution in [0.1, 0.15) is 25.8 Å². The Labute approximate surface area is 124 Å². The summed E-state index contributed by atoms with van der Waals surface area (Å²) in [6.07, 6.45) is 2.76. The second kappa shape index (κ2) is 6.68. The summed E-state index contributed by atoms with van der Waals surface area (Å²) in [5.41, 5.74) is 4.68. The number of hydrogen-bond acceptors (Lipinski definition) is 4. The molecule has 3 nitrogen and oxygen atoms in total. The summed E-state index contributed by atoms with van der Waals surface area (Å²) >= 11 is 1.27. The molecule has 4 heteroatoms. The van der Waals surface area contributed by atoms with Gasteiger partial charge in [0.25, 0.3) is 0 Å². The maximum atomic E-state index is 5.81. The third kappa shape index (κ3) is 2.92. The Morgan fingerprint density at radius 2 is 2.25 bits per heavy atom. The molecule has 104 valence electrons. The number of benzene rings is 1. The molecule has 1 aromatic heterocycles. The van der Waals surface area contributed by atoms with Crippen LogP contribution in [-0.2, 0) is 0 Å². The molecule has 0 saturated carbocycles. The number of aromatic nitrogens is 1. The average molecular weight is 285 g/mol. The largest absolute Gasteiger partial charge is 0.297 e. The zero-order valence-corrected chi connectivity index (χ0v) is 12.7. The lowest BCUT2D eigenvalue weighted by atomic mass is 9.97. The first-order valence-electron chi connectivity index (χ1n) is 6.58. The number of nitrogens with zero attached hydrogens (tertiary/aromatic N) is 2. The monoisotopic (exact) mass is 285 g/mol. The minimum atomic E-state index is 0.661. The average Bonchev–Trinajstić information content (AvgIpc) is 2.47. The third-order valence-electron chi connectivity index (χ3n) is 3.38. The van der Waals surface area contributed by atoms with Crippen molar-refractivity contribution in [2.75, 3.05) is 6.54 Å². The SMILES string of the molecule is C=NC/C(C)=C(\CC)c1cc(SN)c2cccnc2c1. The normalized spacial score (nSPS) is 12.3. The summed E-state index contributed by atoms with van der Waals surface area (Å²) in [4.78, 5) is 9.48. The molecule has 20 heavy (non-hydrogen) atoms. The van der Waals surface area contributed by atoms with Crippen molar-refractivity contribution in [2.45, 2.75) is 25.2 Å². The molecule has 1 aromatic carbocycles. The Kier molecular flexibility index (Phi) is 4.93. The van der Waals surface area contributed by atoms with Crippen LogP contribution in [0.25, 0.3) is 16.5 Å². The van der Waals surface area contributed by atoms with Crippen molar-refractivity contribution in [3.63, 3.8) is 0 Å². The van der Waals surface area contributed by atoms with Crippen LogP contribution in [0, 0.1) is 0 Å². The van der Waals surface area contributed by atoms with Crippen LogP contribution in [0.4, 0.5) is 0 Å². The quantitative estimate of drug-likeness (QED) is 0.665. The molecule has 0 aliphatic carbocycles. The van der Waals surface area contributed by atoms with Crippen LogP contribution in [0.3, 0.4) is 0 Å². The molecule has 2 N–H and O–H groups in total. The summed E-state index contributed by atoms with van der Waals surface area (Å²) < 4.78 is 0. The predicted molar refractivity (Wildman–Crippen MR) is 89.1 cm³/mol. The number of fused-ring (bicyclic) bond motifs is 1. The molecule has 0 spiro atoms. The zero-order chi connectivity index (χ0) is 14.5. The van der Waals surface area contributed by atoms with Crippen LogP contribution in [0.5, 0.6) is 0 Å². The van der Waals surface area contributed by atoms with Crippen molar-refractivity contribution < 1.29 is 0 Å². The minimum Gasteiger partial charge on any atom is -0.297 e. The van der Waals surface area contributed by atoms with E-state index in [9.17, 15) is 0 Å². The zero-order valence-electron chi connectivity index (χ0n) is 11.9. The van der Waals surface area contributed by atoms with Gasteiger partial charge in [-0.25, -0.2) is 0 Å². The first-order valence-corrected chi connectivity index (χ1v) is 7.46. The Bertz CT molecular complexity index is 662. The van der Waals surface area contributed by atoms with Gasteiger partial charge in [0.15, 0.2) is 0 Å². The van der Waals surface area contributed by atoms with E-state index in [1.165, 1.54) is 28.7 Å². The van der Waals surface area contributed by atoms with Crippen LogP contribution in [-0.4, -0.2) is 18.2 Å². The number of aliphatic imine (C=N–C) groups is 1. The highest BCUT2D eigenvalue weighted by atomic mass is 32.2. The first-order chi connectivity index (χ1) is 9.71. The van der Waals surface area contributed by atoms with E-state index in [4.69, 9.17) is 5.14 Å². The molecular weight excluding hydrogens is 266 g/mol. The first kappa shape index (κ1) is 14.8. The van der Waals surface area contributed by atoms with Crippen molar-refractivity contribution in [1.29, 1.82) is 0 Å². The minimum absolute atomic E-state index is 0.661. The molecule has 0 aliphatic rings. The second-order valence-corrected chi connectivity index (χ2v) is 5.33. The number of allylic oxidation sites excluding steroid dienone is 1. The van der Waals surface area contributed by atoms with E-state index in [0.717, 1.165) is 22.2 Å². The highest BCUT2D eigenvalue weighted by Crippen LogP contribution is 2.31. The van der Waals surface area contributed by atoms with E-state index in [2.05, 4.69) is 48.7 Å². The third-order valence-corrected chi connectivity index (χ3v) is 3.97. The molecule has 0 fully saturated rings. The van der Waals surface area contributed by atoms with Gasteiger partial charge in [0, 0.05) is 16.5 Å². The van der Waals surface area contributed by atoms with Crippen molar-refractivity contribution in [2.24, 2.45) is 10.1 Å². The van der Waals surface area contributed by atoms with Gasteiger partial charge in [-0.3, -0.25) is 15.1 Å². The van der Waals surface area contributed by atoms with E-state index in [1.54, 1.807) is 0 Å². The molecular formula is C16H19N3S. The highest BCUT2D eigenvalue weighted by molar-refractivity contribution is 7.97. The van der Waals surface area contributed by atoms with Crippen molar-refractivity contribution in [1.82, 2.24) is 4.98 Å². The topological polar surface area (TPSA) is 51.3 Å². The van der Waals surface area contributed by atoms with Crippen LogP contribution < -0.4 is 5.14 Å². The van der Waals surface area contributed by atoms with Crippen LogP contribution in [0.2, 0.25) is 0 Å². The van der Waals surface area contributed by atoms with E-state index in [-0.39, 0.29) is 0 Å². The van der Waals surface area contributed by atoms with Crippen molar-refractivity contribution in [3.05, 3.63) is 41.6 Å². The summed E-state index contributed by atoms with van der Waals surface area (Å²) in [5.74, 6) is 0. The standard InChI is InChI=1S/C16H19N3S/c1-4-13(11(2)10-18-3)12-8-15-14(6-5-7-19-15)16(9-12)20-17/h5-9H,3-4,10,17H2,1-2H3/b13-11+. The van der Waals surface area contributed by atoms with Crippen LogP contribution >= 0.6 is 11.9 Å². The molecule has 0 bridgehead atoms. The van der Waals surface area contributed by atoms with Gasteiger partial charge in [-0.1, -0.05) is 13.0 Å². The molecule has 0 radical (unpaired) electrons. The van der Waals surface area contributed by atoms with Gasteiger partial charge in [-0.2, -0.15) is 0 Å². The molecule has 1 heterocycles. The molecule has 0 amide bonds. The Morgan fingerprint density at radius 3 is 2.90 bits per heavy atom. The summed E-state index contributed by atoms with van der Waals surface area (Å²) in [6.45, 7) is 8.49. The van der Waals surface area contributed by atoms with Crippen molar-refractivity contribution >= 4 is 35.1 Å². The van der Waals surface area contributed by atoms with Gasteiger partial charge in [0.05, 0.1) is 12.1 Å². The van der Waals surface area contributed by atoms with Gasteiger partial charge in [-0.15, -0.1) is 0 Å². The van der Waals surface area contributed by atoms with E-state index in [0.29, 0.717) is 6.54 Å². The van der Waals surface area contributed by atoms with E-state index < -0.39 is 0 Å². The molecule has 0 aliphatic heterocycles. The highest BCUT2D eigenvalue weighted by Gasteiger charge is 2.09. The number of nitrogens with two attached hydrogens (primary N) is 1. The maximum absolute atomic E-state index is 5.81. The molecule has 0 saturated heterocycles. The molecule has 0 atom stereocenters. The van der Waals surface area contributed by atoms with Gasteiger partial charge < -0.3 is 0 Å². The number of hydrogen-bond donors (Lipinski definition) is 1.